The number of para-hydroxylation sites is 1. The van der Waals surface area contributed by atoms with E-state index in [0.717, 1.165) is 42.6 Å². The Bertz CT molecular complexity index is 582. The molecule has 1 aromatic heterocycles. The van der Waals surface area contributed by atoms with E-state index in [1.54, 1.807) is 4.90 Å². The molecule has 0 saturated carbocycles. The summed E-state index contributed by atoms with van der Waals surface area (Å²) in [5, 5.41) is 2.41. The van der Waals surface area contributed by atoms with E-state index in [9.17, 15) is 0 Å². The standard InChI is InChI=1S/C16H20N2OS/c1-13-12-16(17-15-5-3-2-4-14(13)15)20-11-8-18-6-9-19-10-7-18/h2-5,12H,6-11H2,1H3/p+1. The maximum Gasteiger partial charge on any atom is 0.101 e. The van der Waals surface area contributed by atoms with E-state index in [-0.39, 0.29) is 0 Å². The molecule has 0 atom stereocenters. The number of nitrogens with one attached hydrogen (secondary N) is 1. The first-order valence-corrected chi connectivity index (χ1v) is 8.22. The summed E-state index contributed by atoms with van der Waals surface area (Å²) in [5.74, 6) is 1.13. The monoisotopic (exact) mass is 289 g/mol. The zero-order chi connectivity index (χ0) is 13.8. The molecule has 2 aromatic rings. The first-order chi connectivity index (χ1) is 9.83. The van der Waals surface area contributed by atoms with Gasteiger partial charge in [-0.05, 0) is 24.6 Å². The van der Waals surface area contributed by atoms with E-state index in [4.69, 9.17) is 9.72 Å². The third-order valence-corrected chi connectivity index (χ3v) is 4.72. The fourth-order valence-corrected chi connectivity index (χ4v) is 3.63. The van der Waals surface area contributed by atoms with Gasteiger partial charge in [0.15, 0.2) is 0 Å². The lowest BCUT2D eigenvalue weighted by Gasteiger charge is -2.23. The van der Waals surface area contributed by atoms with Crippen molar-refractivity contribution in [3.05, 3.63) is 35.9 Å². The van der Waals surface area contributed by atoms with Gasteiger partial charge in [0.25, 0.3) is 0 Å². The Kier molecular flexibility index (Phi) is 4.55. The molecule has 2 heterocycles. The predicted molar refractivity (Wildman–Crippen MR) is 83.6 cm³/mol. The van der Waals surface area contributed by atoms with Crippen LogP contribution in [-0.4, -0.2) is 43.6 Å². The van der Waals surface area contributed by atoms with Gasteiger partial charge in [-0.3, -0.25) is 0 Å². The van der Waals surface area contributed by atoms with Gasteiger partial charge in [0.2, 0.25) is 0 Å². The molecule has 0 spiro atoms. The number of nitrogens with zero attached hydrogens (tertiary/aromatic N) is 1. The quantitative estimate of drug-likeness (QED) is 0.865. The van der Waals surface area contributed by atoms with Gasteiger partial charge in [0, 0.05) is 11.1 Å². The largest absolute Gasteiger partial charge is 0.370 e. The highest BCUT2D eigenvalue weighted by Gasteiger charge is 2.13. The van der Waals surface area contributed by atoms with Gasteiger partial charge >= 0.3 is 0 Å². The van der Waals surface area contributed by atoms with Crippen molar-refractivity contribution in [3.8, 4) is 0 Å². The molecule has 1 saturated heterocycles. The molecule has 3 nitrogen and oxygen atoms in total. The molecule has 0 bridgehead atoms. The summed E-state index contributed by atoms with van der Waals surface area (Å²) in [6, 6.07) is 10.6. The molecule has 0 radical (unpaired) electrons. The predicted octanol–water partition coefficient (Wildman–Crippen LogP) is 1.55. The second kappa shape index (κ2) is 6.57. The molecule has 1 N–H and O–H groups in total. The number of hydrogen-bond donors (Lipinski definition) is 1. The summed E-state index contributed by atoms with van der Waals surface area (Å²) in [7, 11) is 0. The molecule has 3 rings (SSSR count). The number of fused-ring (bicyclic) bond motifs is 1. The minimum atomic E-state index is 0.910. The molecule has 1 aromatic carbocycles. The van der Waals surface area contributed by atoms with Crippen molar-refractivity contribution < 1.29 is 9.64 Å². The molecule has 0 unspecified atom stereocenters. The van der Waals surface area contributed by atoms with Crippen LogP contribution in [0.25, 0.3) is 10.9 Å². The SMILES string of the molecule is Cc1cc(SCC[NH+]2CCOCC2)nc2ccccc12. The lowest BCUT2D eigenvalue weighted by molar-refractivity contribution is -0.905. The maximum absolute atomic E-state index is 5.39. The van der Waals surface area contributed by atoms with Gasteiger partial charge in [0.1, 0.15) is 13.1 Å². The zero-order valence-corrected chi connectivity index (χ0v) is 12.7. The van der Waals surface area contributed by atoms with Crippen LogP contribution in [-0.2, 0) is 4.74 Å². The lowest BCUT2D eigenvalue weighted by Crippen LogP contribution is -3.14. The van der Waals surface area contributed by atoms with Crippen molar-refractivity contribution in [2.24, 2.45) is 0 Å². The van der Waals surface area contributed by atoms with E-state index in [2.05, 4.69) is 37.3 Å². The number of aromatic nitrogens is 1. The Morgan fingerprint density at radius 3 is 2.90 bits per heavy atom. The smallest absolute Gasteiger partial charge is 0.101 e. The summed E-state index contributed by atoms with van der Waals surface area (Å²) in [6.07, 6.45) is 0. The molecule has 1 aliphatic heterocycles. The van der Waals surface area contributed by atoms with Crippen LogP contribution >= 0.6 is 11.8 Å². The second-order valence-electron chi connectivity index (χ2n) is 5.26. The number of benzene rings is 1. The van der Waals surface area contributed by atoms with E-state index < -0.39 is 0 Å². The Hall–Kier alpha value is -1.10. The summed E-state index contributed by atoms with van der Waals surface area (Å²) >= 11 is 1.87. The van der Waals surface area contributed by atoms with Crippen LogP contribution in [0, 0.1) is 6.92 Å². The maximum atomic E-state index is 5.39. The van der Waals surface area contributed by atoms with Crippen LogP contribution in [0.5, 0.6) is 0 Å². The Morgan fingerprint density at radius 2 is 2.05 bits per heavy atom. The molecule has 1 aliphatic rings. The zero-order valence-electron chi connectivity index (χ0n) is 11.9. The van der Waals surface area contributed by atoms with E-state index in [1.807, 2.05) is 11.8 Å². The average Bonchev–Trinajstić information content (AvgIpc) is 2.48. The summed E-state index contributed by atoms with van der Waals surface area (Å²) in [6.45, 7) is 7.47. The number of aryl methyl sites for hydroxylation is 1. The molecule has 0 amide bonds. The molecule has 1 fully saturated rings. The van der Waals surface area contributed by atoms with Crippen molar-refractivity contribution in [2.75, 3.05) is 38.6 Å². The third-order valence-electron chi connectivity index (χ3n) is 3.80. The first kappa shape index (κ1) is 13.9. The van der Waals surface area contributed by atoms with Crippen LogP contribution in [0.2, 0.25) is 0 Å². The van der Waals surface area contributed by atoms with Crippen LogP contribution in [0.15, 0.2) is 35.4 Å². The van der Waals surface area contributed by atoms with E-state index in [1.165, 1.54) is 17.5 Å². The second-order valence-corrected chi connectivity index (χ2v) is 6.37. The third kappa shape index (κ3) is 3.32. The van der Waals surface area contributed by atoms with Gasteiger partial charge in [-0.1, -0.05) is 18.2 Å². The van der Waals surface area contributed by atoms with Crippen LogP contribution < -0.4 is 4.90 Å². The average molecular weight is 289 g/mol. The van der Waals surface area contributed by atoms with Crippen LogP contribution in [0.4, 0.5) is 0 Å². The van der Waals surface area contributed by atoms with Gasteiger partial charge in [-0.15, -0.1) is 11.8 Å². The fraction of sp³-hybridized carbons (Fsp3) is 0.438. The lowest BCUT2D eigenvalue weighted by atomic mass is 10.1. The molecule has 20 heavy (non-hydrogen) atoms. The molecule has 0 aliphatic carbocycles. The summed E-state index contributed by atoms with van der Waals surface area (Å²) in [4.78, 5) is 6.40. The van der Waals surface area contributed by atoms with Gasteiger partial charge < -0.3 is 9.64 Å². The number of hydrogen-bond acceptors (Lipinski definition) is 3. The van der Waals surface area contributed by atoms with Gasteiger partial charge in [-0.25, -0.2) is 4.98 Å². The van der Waals surface area contributed by atoms with Crippen LogP contribution in [0.3, 0.4) is 0 Å². The van der Waals surface area contributed by atoms with Crippen molar-refractivity contribution >= 4 is 22.7 Å². The number of thioether (sulfide) groups is 1. The number of rotatable bonds is 4. The molecular formula is C16H21N2OS+. The van der Waals surface area contributed by atoms with Crippen molar-refractivity contribution in [3.63, 3.8) is 0 Å². The molecule has 106 valence electrons. The summed E-state index contributed by atoms with van der Waals surface area (Å²) < 4.78 is 5.39. The van der Waals surface area contributed by atoms with Crippen molar-refractivity contribution in [2.45, 2.75) is 11.9 Å². The highest BCUT2D eigenvalue weighted by atomic mass is 32.2. The van der Waals surface area contributed by atoms with Crippen molar-refractivity contribution in [1.82, 2.24) is 4.98 Å². The molecular weight excluding hydrogens is 268 g/mol. The van der Waals surface area contributed by atoms with E-state index >= 15 is 0 Å². The first-order valence-electron chi connectivity index (χ1n) is 7.23. The minimum absolute atomic E-state index is 0.910. The molecule has 4 heteroatoms. The Labute approximate surface area is 124 Å². The number of morpholine rings is 1. The minimum Gasteiger partial charge on any atom is -0.370 e. The highest BCUT2D eigenvalue weighted by Crippen LogP contribution is 2.22. The summed E-state index contributed by atoms with van der Waals surface area (Å²) in [5.41, 5.74) is 2.42. The Morgan fingerprint density at radius 1 is 1.25 bits per heavy atom. The number of quaternary nitrogens is 1. The fourth-order valence-electron chi connectivity index (χ4n) is 2.60. The number of ether oxygens (including phenoxy) is 1. The highest BCUT2D eigenvalue weighted by molar-refractivity contribution is 7.99. The number of pyridine rings is 1. The topological polar surface area (TPSA) is 26.6 Å². The van der Waals surface area contributed by atoms with Gasteiger partial charge in [0.05, 0.1) is 30.3 Å². The van der Waals surface area contributed by atoms with E-state index in [0.29, 0.717) is 0 Å². The van der Waals surface area contributed by atoms with Crippen molar-refractivity contribution in [1.29, 1.82) is 0 Å². The normalized spacial score (nSPS) is 16.6. The Balaban J connectivity index is 1.62. The van der Waals surface area contributed by atoms with Gasteiger partial charge in [-0.2, -0.15) is 0 Å². The van der Waals surface area contributed by atoms with Crippen LogP contribution in [0.1, 0.15) is 5.56 Å².